The maximum absolute atomic E-state index is 12.0. The van der Waals surface area contributed by atoms with E-state index in [0.29, 0.717) is 24.0 Å². The van der Waals surface area contributed by atoms with Crippen LogP contribution in [0.3, 0.4) is 0 Å². The van der Waals surface area contributed by atoms with Gasteiger partial charge in [0.25, 0.3) is 0 Å². The van der Waals surface area contributed by atoms with Crippen LogP contribution in [0.15, 0.2) is 54.6 Å². The Bertz CT molecular complexity index is 670. The van der Waals surface area contributed by atoms with Crippen LogP contribution in [0, 0.1) is 0 Å². The van der Waals surface area contributed by atoms with Gasteiger partial charge >= 0.3 is 5.97 Å². The molecule has 3 heteroatoms. The van der Waals surface area contributed by atoms with Crippen molar-refractivity contribution in [1.82, 2.24) is 0 Å². The summed E-state index contributed by atoms with van der Waals surface area (Å²) >= 11 is 0. The minimum atomic E-state index is -0.426. The summed E-state index contributed by atoms with van der Waals surface area (Å²) < 4.78 is 10.8. The van der Waals surface area contributed by atoms with Gasteiger partial charge in [-0.2, -0.15) is 0 Å². The van der Waals surface area contributed by atoms with Gasteiger partial charge in [-0.1, -0.05) is 50.2 Å². The van der Waals surface area contributed by atoms with Gasteiger partial charge in [-0.25, -0.2) is 4.79 Å². The molecular weight excluding hydrogens is 288 g/mol. The van der Waals surface area contributed by atoms with Crippen LogP contribution in [-0.4, -0.2) is 12.6 Å². The molecule has 0 fully saturated rings. The molecule has 23 heavy (non-hydrogen) atoms. The largest absolute Gasteiger partial charge is 0.490 e. The number of hydrogen-bond acceptors (Lipinski definition) is 3. The Morgan fingerprint density at radius 1 is 1.04 bits per heavy atom. The first-order valence-corrected chi connectivity index (χ1v) is 7.82. The molecule has 120 valence electrons. The van der Waals surface area contributed by atoms with Gasteiger partial charge < -0.3 is 9.47 Å². The van der Waals surface area contributed by atoms with Gasteiger partial charge in [-0.3, -0.25) is 0 Å². The second-order valence-electron chi connectivity index (χ2n) is 5.46. The molecule has 0 aliphatic carbocycles. The van der Waals surface area contributed by atoms with Gasteiger partial charge in [0.2, 0.25) is 0 Å². The highest BCUT2D eigenvalue weighted by molar-refractivity contribution is 5.89. The molecule has 0 aromatic heterocycles. The molecule has 0 amide bonds. The zero-order valence-corrected chi connectivity index (χ0v) is 13.8. The van der Waals surface area contributed by atoms with Crippen molar-refractivity contribution in [1.29, 1.82) is 0 Å². The van der Waals surface area contributed by atoms with Crippen molar-refractivity contribution in [2.24, 2.45) is 0 Å². The smallest absolute Gasteiger partial charge is 0.336 e. The van der Waals surface area contributed by atoms with Crippen molar-refractivity contribution in [2.75, 3.05) is 6.61 Å². The standard InChI is InChI=1S/C20H22O3/c1-4-22-18-7-5-6-8-19(18)23-20(21)14-11-16-9-12-17(13-10-16)15(2)3/h5-15H,4H2,1-3H3/b14-11+. The van der Waals surface area contributed by atoms with E-state index in [2.05, 4.69) is 26.0 Å². The molecular formula is C20H22O3. The molecule has 0 atom stereocenters. The van der Waals surface area contributed by atoms with E-state index < -0.39 is 5.97 Å². The molecule has 0 aliphatic rings. The Hall–Kier alpha value is -2.55. The van der Waals surface area contributed by atoms with Gasteiger partial charge in [0, 0.05) is 6.08 Å². The van der Waals surface area contributed by atoms with Crippen molar-refractivity contribution >= 4 is 12.0 Å². The molecule has 0 saturated carbocycles. The Labute approximate surface area is 137 Å². The number of esters is 1. The first kappa shape index (κ1) is 16.8. The molecule has 0 aliphatic heterocycles. The molecule has 2 aromatic rings. The average molecular weight is 310 g/mol. The van der Waals surface area contributed by atoms with Crippen LogP contribution in [0.2, 0.25) is 0 Å². The summed E-state index contributed by atoms with van der Waals surface area (Å²) in [4.78, 5) is 12.0. The van der Waals surface area contributed by atoms with E-state index in [0.717, 1.165) is 5.56 Å². The number of hydrogen-bond donors (Lipinski definition) is 0. The Morgan fingerprint density at radius 3 is 2.30 bits per heavy atom. The van der Waals surface area contributed by atoms with Gasteiger partial charge in [0.1, 0.15) is 0 Å². The predicted molar refractivity (Wildman–Crippen MR) is 92.8 cm³/mol. The summed E-state index contributed by atoms with van der Waals surface area (Å²) in [6.45, 7) is 6.71. The van der Waals surface area contributed by atoms with E-state index in [1.54, 1.807) is 24.3 Å². The number of para-hydroxylation sites is 2. The highest BCUT2D eigenvalue weighted by Crippen LogP contribution is 2.26. The maximum atomic E-state index is 12.0. The molecule has 0 heterocycles. The lowest BCUT2D eigenvalue weighted by atomic mass is 10.0. The average Bonchev–Trinajstić information content (AvgIpc) is 2.55. The third-order valence-electron chi connectivity index (χ3n) is 3.37. The van der Waals surface area contributed by atoms with Crippen LogP contribution in [0.1, 0.15) is 37.8 Å². The fourth-order valence-electron chi connectivity index (χ4n) is 2.11. The Morgan fingerprint density at radius 2 is 1.70 bits per heavy atom. The molecule has 0 radical (unpaired) electrons. The van der Waals surface area contributed by atoms with Crippen molar-refractivity contribution in [2.45, 2.75) is 26.7 Å². The minimum Gasteiger partial charge on any atom is -0.490 e. The zero-order valence-electron chi connectivity index (χ0n) is 13.8. The van der Waals surface area contributed by atoms with Crippen LogP contribution < -0.4 is 9.47 Å². The topological polar surface area (TPSA) is 35.5 Å². The third-order valence-corrected chi connectivity index (χ3v) is 3.37. The number of carbonyl (C=O) groups excluding carboxylic acids is 1. The second kappa shape index (κ2) is 8.18. The summed E-state index contributed by atoms with van der Waals surface area (Å²) in [5.74, 6) is 1.07. The Kier molecular flexibility index (Phi) is 5.98. The first-order chi connectivity index (χ1) is 11.1. The summed E-state index contributed by atoms with van der Waals surface area (Å²) in [6.07, 6.45) is 3.17. The van der Waals surface area contributed by atoms with Crippen LogP contribution in [0.25, 0.3) is 6.08 Å². The number of carbonyl (C=O) groups is 1. The summed E-state index contributed by atoms with van der Waals surface area (Å²) in [5, 5.41) is 0. The van der Waals surface area contributed by atoms with Crippen LogP contribution in [0.5, 0.6) is 11.5 Å². The molecule has 3 nitrogen and oxygen atoms in total. The van der Waals surface area contributed by atoms with Crippen molar-refractivity contribution in [3.8, 4) is 11.5 Å². The molecule has 0 saturated heterocycles. The predicted octanol–water partition coefficient (Wildman–Crippen LogP) is 4.83. The minimum absolute atomic E-state index is 0.426. The van der Waals surface area contributed by atoms with Crippen molar-refractivity contribution < 1.29 is 14.3 Å². The third kappa shape index (κ3) is 4.99. The van der Waals surface area contributed by atoms with E-state index >= 15 is 0 Å². The highest BCUT2D eigenvalue weighted by Gasteiger charge is 2.07. The van der Waals surface area contributed by atoms with Gasteiger partial charge in [-0.15, -0.1) is 0 Å². The highest BCUT2D eigenvalue weighted by atomic mass is 16.6. The molecule has 2 aromatic carbocycles. The first-order valence-electron chi connectivity index (χ1n) is 7.82. The number of benzene rings is 2. The van der Waals surface area contributed by atoms with E-state index in [9.17, 15) is 4.79 Å². The number of ether oxygens (including phenoxy) is 2. The zero-order chi connectivity index (χ0) is 16.7. The van der Waals surface area contributed by atoms with E-state index in [4.69, 9.17) is 9.47 Å². The fraction of sp³-hybridized carbons (Fsp3) is 0.250. The second-order valence-corrected chi connectivity index (χ2v) is 5.46. The molecule has 2 rings (SSSR count). The van der Waals surface area contributed by atoms with Crippen LogP contribution >= 0.6 is 0 Å². The molecule has 0 unspecified atom stereocenters. The SMILES string of the molecule is CCOc1ccccc1OC(=O)/C=C/c1ccc(C(C)C)cc1. The van der Waals surface area contributed by atoms with E-state index in [1.807, 2.05) is 25.1 Å². The van der Waals surface area contributed by atoms with E-state index in [-0.39, 0.29) is 0 Å². The lowest BCUT2D eigenvalue weighted by Gasteiger charge is -2.08. The van der Waals surface area contributed by atoms with Crippen molar-refractivity contribution in [3.63, 3.8) is 0 Å². The normalized spacial score (nSPS) is 11.0. The fourth-order valence-corrected chi connectivity index (χ4v) is 2.11. The van der Waals surface area contributed by atoms with Crippen LogP contribution in [0.4, 0.5) is 0 Å². The molecule has 0 bridgehead atoms. The lowest BCUT2D eigenvalue weighted by Crippen LogP contribution is -2.05. The van der Waals surface area contributed by atoms with Gasteiger partial charge in [-0.05, 0) is 42.2 Å². The molecule has 0 N–H and O–H groups in total. The quantitative estimate of drug-likeness (QED) is 0.435. The van der Waals surface area contributed by atoms with Gasteiger partial charge in [0.05, 0.1) is 6.61 Å². The lowest BCUT2D eigenvalue weighted by molar-refractivity contribution is -0.129. The van der Waals surface area contributed by atoms with Gasteiger partial charge in [0.15, 0.2) is 11.5 Å². The summed E-state index contributed by atoms with van der Waals surface area (Å²) in [5.41, 5.74) is 2.24. The van der Waals surface area contributed by atoms with Crippen LogP contribution in [-0.2, 0) is 4.79 Å². The summed E-state index contributed by atoms with van der Waals surface area (Å²) in [6, 6.07) is 15.3. The Balaban J connectivity index is 2.01. The van der Waals surface area contributed by atoms with E-state index in [1.165, 1.54) is 11.6 Å². The maximum Gasteiger partial charge on any atom is 0.336 e. The molecule has 0 spiro atoms. The summed E-state index contributed by atoms with van der Waals surface area (Å²) in [7, 11) is 0. The van der Waals surface area contributed by atoms with Crippen molar-refractivity contribution in [3.05, 3.63) is 65.7 Å². The monoisotopic (exact) mass is 310 g/mol. The number of rotatable bonds is 6.